The second-order valence-corrected chi connectivity index (χ2v) is 9.66. The lowest BCUT2D eigenvalue weighted by Gasteiger charge is -2.20. The minimum atomic E-state index is -4.09. The molecule has 9 heteroatoms. The number of carbonyl (C=O) groups is 1. The molecule has 0 heterocycles. The Balaban J connectivity index is 1.93. The molecule has 0 aromatic heterocycles. The largest absolute Gasteiger partial charge is 0.495 e. The number of methoxy groups -OCH3 is 1. The van der Waals surface area contributed by atoms with Crippen molar-refractivity contribution in [1.29, 1.82) is 0 Å². The van der Waals surface area contributed by atoms with Gasteiger partial charge in [0.05, 0.1) is 17.8 Å². The van der Waals surface area contributed by atoms with Gasteiger partial charge in [-0.15, -0.1) is 0 Å². The summed E-state index contributed by atoms with van der Waals surface area (Å²) >= 11 is 12.1. The van der Waals surface area contributed by atoms with Crippen molar-refractivity contribution in [3.05, 3.63) is 87.9 Å². The van der Waals surface area contributed by atoms with Crippen molar-refractivity contribution in [2.45, 2.75) is 24.3 Å². The lowest BCUT2D eigenvalue weighted by Crippen LogP contribution is -2.45. The van der Waals surface area contributed by atoms with E-state index in [9.17, 15) is 13.2 Å². The minimum absolute atomic E-state index is 0.0459. The van der Waals surface area contributed by atoms with Crippen molar-refractivity contribution in [3.8, 4) is 5.75 Å². The number of amides is 1. The van der Waals surface area contributed by atoms with Crippen molar-refractivity contribution < 1.29 is 17.9 Å². The number of aryl methyl sites for hydroxylation is 1. The van der Waals surface area contributed by atoms with Crippen molar-refractivity contribution in [2.75, 3.05) is 12.4 Å². The fourth-order valence-corrected chi connectivity index (χ4v) is 5.00. The van der Waals surface area contributed by atoms with E-state index in [1.54, 1.807) is 31.2 Å². The van der Waals surface area contributed by atoms with Gasteiger partial charge in [-0.1, -0.05) is 59.6 Å². The van der Waals surface area contributed by atoms with Crippen molar-refractivity contribution in [3.63, 3.8) is 0 Å². The Morgan fingerprint density at radius 3 is 2.41 bits per heavy atom. The maximum atomic E-state index is 13.2. The summed E-state index contributed by atoms with van der Waals surface area (Å²) in [6.07, 6.45) is 0.130. The first kappa shape index (κ1) is 24.1. The minimum Gasteiger partial charge on any atom is -0.495 e. The van der Waals surface area contributed by atoms with Crippen LogP contribution in [-0.2, 0) is 21.2 Å². The van der Waals surface area contributed by atoms with E-state index >= 15 is 0 Å². The first-order valence-electron chi connectivity index (χ1n) is 9.66. The van der Waals surface area contributed by atoms with E-state index in [-0.39, 0.29) is 22.1 Å². The number of sulfonamides is 1. The third-order valence-electron chi connectivity index (χ3n) is 4.69. The molecule has 3 aromatic carbocycles. The van der Waals surface area contributed by atoms with Crippen LogP contribution < -0.4 is 14.8 Å². The summed E-state index contributed by atoms with van der Waals surface area (Å²) in [5.41, 5.74) is 1.85. The highest BCUT2D eigenvalue weighted by atomic mass is 35.5. The Morgan fingerprint density at radius 1 is 1.03 bits per heavy atom. The highest BCUT2D eigenvalue weighted by Crippen LogP contribution is 2.27. The molecule has 0 aliphatic carbocycles. The topological polar surface area (TPSA) is 84.5 Å². The summed E-state index contributed by atoms with van der Waals surface area (Å²) in [5, 5.41) is 3.34. The van der Waals surface area contributed by atoms with Gasteiger partial charge in [0, 0.05) is 5.02 Å². The summed E-state index contributed by atoms with van der Waals surface area (Å²) in [5.74, 6) is -0.379. The Hall–Kier alpha value is -2.58. The molecule has 0 radical (unpaired) electrons. The highest BCUT2D eigenvalue weighted by Gasteiger charge is 2.28. The Labute approximate surface area is 197 Å². The van der Waals surface area contributed by atoms with E-state index in [0.29, 0.717) is 10.7 Å². The Bertz CT molecular complexity index is 1220. The van der Waals surface area contributed by atoms with E-state index in [2.05, 4.69) is 10.0 Å². The number of hydrogen-bond acceptors (Lipinski definition) is 4. The highest BCUT2D eigenvalue weighted by molar-refractivity contribution is 7.89. The summed E-state index contributed by atoms with van der Waals surface area (Å²) in [4.78, 5) is 13.1. The molecule has 2 N–H and O–H groups in total. The zero-order chi connectivity index (χ0) is 23.3. The van der Waals surface area contributed by atoms with Gasteiger partial charge in [0.1, 0.15) is 16.7 Å². The van der Waals surface area contributed by atoms with Crippen LogP contribution in [0.5, 0.6) is 5.75 Å². The standard InChI is InChI=1S/C23H22Cl2N2O4S/c1-15-8-11-21(31-2)22(12-15)32(29,30)27-20(13-16-6-4-3-5-7-16)23(28)26-19-10-9-17(24)14-18(19)25/h3-12,14,20,27H,13H2,1-2H3,(H,26,28). The van der Waals surface area contributed by atoms with Crippen LogP contribution in [0.2, 0.25) is 10.0 Å². The average molecular weight is 493 g/mol. The van der Waals surface area contributed by atoms with Gasteiger partial charge in [0.2, 0.25) is 15.9 Å². The maximum absolute atomic E-state index is 13.2. The number of nitrogens with one attached hydrogen (secondary N) is 2. The van der Waals surface area contributed by atoms with E-state index in [0.717, 1.165) is 11.1 Å². The van der Waals surface area contributed by atoms with Crippen LogP contribution >= 0.6 is 23.2 Å². The number of benzene rings is 3. The van der Waals surface area contributed by atoms with Crippen LogP contribution in [0.4, 0.5) is 5.69 Å². The first-order valence-corrected chi connectivity index (χ1v) is 11.9. The maximum Gasteiger partial charge on any atom is 0.245 e. The molecule has 0 saturated carbocycles. The van der Waals surface area contributed by atoms with Crippen molar-refractivity contribution in [1.82, 2.24) is 4.72 Å². The molecule has 3 aromatic rings. The van der Waals surface area contributed by atoms with Crippen LogP contribution in [0, 0.1) is 6.92 Å². The molecule has 6 nitrogen and oxygen atoms in total. The van der Waals surface area contributed by atoms with Crippen LogP contribution in [-0.4, -0.2) is 27.5 Å². The lowest BCUT2D eigenvalue weighted by molar-refractivity contribution is -0.117. The number of hydrogen-bond donors (Lipinski definition) is 2. The van der Waals surface area contributed by atoms with E-state index in [1.165, 1.54) is 19.2 Å². The molecule has 1 unspecified atom stereocenters. The second kappa shape index (κ2) is 10.4. The number of halogens is 2. The summed E-state index contributed by atoms with van der Waals surface area (Å²) < 4.78 is 34.2. The van der Waals surface area contributed by atoms with Gasteiger partial charge in [-0.05, 0) is 54.8 Å². The van der Waals surface area contributed by atoms with Gasteiger partial charge in [-0.2, -0.15) is 4.72 Å². The number of ether oxygens (including phenoxy) is 1. The third-order valence-corrected chi connectivity index (χ3v) is 6.73. The average Bonchev–Trinajstić information content (AvgIpc) is 2.75. The molecule has 1 atom stereocenters. The zero-order valence-electron chi connectivity index (χ0n) is 17.4. The monoisotopic (exact) mass is 492 g/mol. The predicted molar refractivity (Wildman–Crippen MR) is 127 cm³/mol. The van der Waals surface area contributed by atoms with E-state index in [4.69, 9.17) is 27.9 Å². The molecule has 0 bridgehead atoms. The molecular weight excluding hydrogens is 471 g/mol. The van der Waals surface area contributed by atoms with Gasteiger partial charge in [-0.3, -0.25) is 4.79 Å². The third kappa shape index (κ3) is 6.01. The molecule has 3 rings (SSSR count). The van der Waals surface area contributed by atoms with Gasteiger partial charge in [0.15, 0.2) is 0 Å². The molecule has 0 saturated heterocycles. The predicted octanol–water partition coefficient (Wildman–Crippen LogP) is 4.84. The molecular formula is C23H22Cl2N2O4S. The second-order valence-electron chi connectivity index (χ2n) is 7.13. The normalized spacial score (nSPS) is 12.2. The van der Waals surface area contributed by atoms with Gasteiger partial charge in [-0.25, -0.2) is 8.42 Å². The van der Waals surface area contributed by atoms with Crippen molar-refractivity contribution in [2.24, 2.45) is 0 Å². The fourth-order valence-electron chi connectivity index (χ4n) is 3.09. The molecule has 0 fully saturated rings. The molecule has 168 valence electrons. The lowest BCUT2D eigenvalue weighted by atomic mass is 10.1. The van der Waals surface area contributed by atoms with Gasteiger partial charge >= 0.3 is 0 Å². The smallest absolute Gasteiger partial charge is 0.245 e. The summed E-state index contributed by atoms with van der Waals surface area (Å²) in [6.45, 7) is 1.77. The van der Waals surface area contributed by atoms with Crippen LogP contribution in [0.1, 0.15) is 11.1 Å². The van der Waals surface area contributed by atoms with E-state index < -0.39 is 22.0 Å². The van der Waals surface area contributed by atoms with E-state index in [1.807, 2.05) is 30.3 Å². The molecule has 32 heavy (non-hydrogen) atoms. The quantitative estimate of drug-likeness (QED) is 0.471. The SMILES string of the molecule is COc1ccc(C)cc1S(=O)(=O)NC(Cc1ccccc1)C(=O)Nc1ccc(Cl)cc1Cl. The fraction of sp³-hybridized carbons (Fsp3) is 0.174. The number of rotatable bonds is 8. The van der Waals surface area contributed by atoms with Crippen molar-refractivity contribution >= 4 is 44.8 Å². The molecule has 0 spiro atoms. The van der Waals surface area contributed by atoms with Crippen LogP contribution in [0.15, 0.2) is 71.6 Å². The van der Waals surface area contributed by atoms with Gasteiger partial charge in [0.25, 0.3) is 0 Å². The summed E-state index contributed by atoms with van der Waals surface area (Å²) in [6, 6.07) is 17.4. The van der Waals surface area contributed by atoms with Crippen LogP contribution in [0.3, 0.4) is 0 Å². The first-order chi connectivity index (χ1) is 15.2. The number of anilines is 1. The number of carbonyl (C=O) groups excluding carboxylic acids is 1. The Kier molecular flexibility index (Phi) is 7.79. The molecule has 0 aliphatic rings. The van der Waals surface area contributed by atoms with Crippen LogP contribution in [0.25, 0.3) is 0 Å². The molecule has 1 amide bonds. The zero-order valence-corrected chi connectivity index (χ0v) is 19.8. The summed E-state index contributed by atoms with van der Waals surface area (Å²) in [7, 11) is -2.70. The Morgan fingerprint density at radius 2 is 1.75 bits per heavy atom. The molecule has 0 aliphatic heterocycles. The van der Waals surface area contributed by atoms with Gasteiger partial charge < -0.3 is 10.1 Å².